The first-order valence-corrected chi connectivity index (χ1v) is 4.98. The lowest BCUT2D eigenvalue weighted by molar-refractivity contribution is 1.07. The Bertz CT molecular complexity index is 442. The van der Waals surface area contributed by atoms with Gasteiger partial charge in [-0.3, -0.25) is 0 Å². The van der Waals surface area contributed by atoms with Crippen molar-refractivity contribution in [2.45, 2.75) is 6.54 Å². The third kappa shape index (κ3) is 1.92. The molecule has 2 aromatic rings. The van der Waals surface area contributed by atoms with Crippen LogP contribution in [-0.4, -0.2) is 0 Å². The number of hydrogen-bond acceptors (Lipinski definition) is 1. The summed E-state index contributed by atoms with van der Waals surface area (Å²) in [5.74, 6) is 0. The molecule has 0 aliphatic rings. The molecule has 0 heterocycles. The maximum absolute atomic E-state index is 5.61. The SMILES string of the molecule is Cl.NCc1ccc2ccccc2c1Br. The predicted octanol–water partition coefficient (Wildman–Crippen LogP) is 3.48. The molecule has 0 spiro atoms. The zero-order chi connectivity index (χ0) is 9.26. The number of rotatable bonds is 1. The number of benzene rings is 2. The highest BCUT2D eigenvalue weighted by molar-refractivity contribution is 9.10. The van der Waals surface area contributed by atoms with Gasteiger partial charge in [-0.2, -0.15) is 0 Å². The van der Waals surface area contributed by atoms with Gasteiger partial charge in [0.25, 0.3) is 0 Å². The van der Waals surface area contributed by atoms with E-state index in [9.17, 15) is 0 Å². The van der Waals surface area contributed by atoms with E-state index in [0.717, 1.165) is 10.0 Å². The second-order valence-electron chi connectivity index (χ2n) is 2.96. The zero-order valence-electron chi connectivity index (χ0n) is 7.53. The molecule has 0 radical (unpaired) electrons. The van der Waals surface area contributed by atoms with E-state index in [2.05, 4.69) is 40.2 Å². The Hall–Kier alpha value is -0.570. The van der Waals surface area contributed by atoms with Gasteiger partial charge in [0, 0.05) is 11.0 Å². The van der Waals surface area contributed by atoms with Crippen LogP contribution >= 0.6 is 28.3 Å². The van der Waals surface area contributed by atoms with E-state index in [1.165, 1.54) is 10.8 Å². The first-order valence-electron chi connectivity index (χ1n) is 4.19. The second-order valence-corrected chi connectivity index (χ2v) is 3.76. The molecule has 2 rings (SSSR count). The Kier molecular flexibility index (Phi) is 3.93. The highest BCUT2D eigenvalue weighted by atomic mass is 79.9. The summed E-state index contributed by atoms with van der Waals surface area (Å²) in [6.07, 6.45) is 0. The molecule has 0 amide bonds. The molecule has 14 heavy (non-hydrogen) atoms. The van der Waals surface area contributed by atoms with Gasteiger partial charge in [0.05, 0.1) is 0 Å². The molecule has 0 unspecified atom stereocenters. The molecule has 0 saturated heterocycles. The fraction of sp³-hybridized carbons (Fsp3) is 0.0909. The molecule has 2 N–H and O–H groups in total. The Morgan fingerprint density at radius 3 is 2.50 bits per heavy atom. The third-order valence-electron chi connectivity index (χ3n) is 2.16. The largest absolute Gasteiger partial charge is 0.326 e. The summed E-state index contributed by atoms with van der Waals surface area (Å²) in [5.41, 5.74) is 6.76. The van der Waals surface area contributed by atoms with Crippen LogP contribution in [-0.2, 0) is 6.54 Å². The second kappa shape index (κ2) is 4.78. The fourth-order valence-electron chi connectivity index (χ4n) is 1.44. The normalized spacial score (nSPS) is 9.86. The summed E-state index contributed by atoms with van der Waals surface area (Å²) in [6.45, 7) is 0.575. The molecular weight excluding hydrogens is 261 g/mol. The van der Waals surface area contributed by atoms with E-state index in [0.29, 0.717) is 6.54 Å². The Morgan fingerprint density at radius 2 is 1.79 bits per heavy atom. The lowest BCUT2D eigenvalue weighted by Gasteiger charge is -2.05. The van der Waals surface area contributed by atoms with Gasteiger partial charge in [-0.15, -0.1) is 12.4 Å². The Labute approximate surface area is 97.8 Å². The van der Waals surface area contributed by atoms with Gasteiger partial charge in [-0.05, 0) is 32.3 Å². The van der Waals surface area contributed by atoms with E-state index >= 15 is 0 Å². The maximum Gasteiger partial charge on any atom is 0.0298 e. The highest BCUT2D eigenvalue weighted by Crippen LogP contribution is 2.27. The van der Waals surface area contributed by atoms with Crippen LogP contribution in [0.15, 0.2) is 40.9 Å². The van der Waals surface area contributed by atoms with Gasteiger partial charge in [0.1, 0.15) is 0 Å². The van der Waals surface area contributed by atoms with Crippen LogP contribution in [0.3, 0.4) is 0 Å². The molecule has 1 nitrogen and oxygen atoms in total. The molecule has 2 aromatic carbocycles. The van der Waals surface area contributed by atoms with Crippen LogP contribution in [0.4, 0.5) is 0 Å². The first-order chi connectivity index (χ1) is 6.33. The number of hydrogen-bond donors (Lipinski definition) is 1. The van der Waals surface area contributed by atoms with Gasteiger partial charge < -0.3 is 5.73 Å². The minimum Gasteiger partial charge on any atom is -0.326 e. The summed E-state index contributed by atoms with van der Waals surface area (Å²) < 4.78 is 1.12. The minimum atomic E-state index is 0. The van der Waals surface area contributed by atoms with Gasteiger partial charge in [0.2, 0.25) is 0 Å². The van der Waals surface area contributed by atoms with Gasteiger partial charge >= 0.3 is 0 Å². The predicted molar refractivity (Wildman–Crippen MR) is 66.8 cm³/mol. The summed E-state index contributed by atoms with van der Waals surface area (Å²) in [7, 11) is 0. The highest BCUT2D eigenvalue weighted by Gasteiger charge is 2.01. The van der Waals surface area contributed by atoms with E-state index in [-0.39, 0.29) is 12.4 Å². The summed E-state index contributed by atoms with van der Waals surface area (Å²) >= 11 is 3.56. The van der Waals surface area contributed by atoms with Crippen molar-refractivity contribution in [2.24, 2.45) is 5.73 Å². The molecule has 0 aliphatic heterocycles. The molecule has 3 heteroatoms. The standard InChI is InChI=1S/C11H10BrN.ClH/c12-11-9(7-13)6-5-8-3-1-2-4-10(8)11;/h1-6H,7,13H2;1H. The van der Waals surface area contributed by atoms with Crippen molar-refractivity contribution in [2.75, 3.05) is 0 Å². The van der Waals surface area contributed by atoms with Crippen molar-refractivity contribution in [1.29, 1.82) is 0 Å². The van der Waals surface area contributed by atoms with Crippen molar-refractivity contribution >= 4 is 39.1 Å². The molecule has 0 bridgehead atoms. The van der Waals surface area contributed by atoms with Crippen molar-refractivity contribution in [1.82, 2.24) is 0 Å². The molecule has 0 aromatic heterocycles. The number of fused-ring (bicyclic) bond motifs is 1. The van der Waals surface area contributed by atoms with Gasteiger partial charge in [-0.1, -0.05) is 36.4 Å². The van der Waals surface area contributed by atoms with Crippen molar-refractivity contribution in [3.63, 3.8) is 0 Å². The van der Waals surface area contributed by atoms with E-state index in [1.807, 2.05) is 12.1 Å². The number of halogens is 2. The molecular formula is C11H11BrClN. The molecule has 74 valence electrons. The monoisotopic (exact) mass is 271 g/mol. The summed E-state index contributed by atoms with van der Waals surface area (Å²) in [6, 6.07) is 12.4. The van der Waals surface area contributed by atoms with Crippen LogP contribution in [0.25, 0.3) is 10.8 Å². The Balaban J connectivity index is 0.000000980. The lowest BCUT2D eigenvalue weighted by Crippen LogP contribution is -1.97. The smallest absolute Gasteiger partial charge is 0.0298 e. The van der Waals surface area contributed by atoms with Crippen LogP contribution in [0.2, 0.25) is 0 Å². The minimum absolute atomic E-state index is 0. The van der Waals surface area contributed by atoms with Crippen LogP contribution < -0.4 is 5.73 Å². The molecule has 0 atom stereocenters. The summed E-state index contributed by atoms with van der Waals surface area (Å²) in [4.78, 5) is 0. The summed E-state index contributed by atoms with van der Waals surface area (Å²) in [5, 5.41) is 2.47. The zero-order valence-corrected chi connectivity index (χ0v) is 9.94. The van der Waals surface area contributed by atoms with E-state index in [4.69, 9.17) is 5.73 Å². The molecule has 0 aliphatic carbocycles. The van der Waals surface area contributed by atoms with Crippen LogP contribution in [0.1, 0.15) is 5.56 Å². The van der Waals surface area contributed by atoms with Crippen molar-refractivity contribution < 1.29 is 0 Å². The topological polar surface area (TPSA) is 26.0 Å². The maximum atomic E-state index is 5.61. The van der Waals surface area contributed by atoms with Crippen molar-refractivity contribution in [3.8, 4) is 0 Å². The first kappa shape index (κ1) is 11.5. The lowest BCUT2D eigenvalue weighted by atomic mass is 10.1. The Morgan fingerprint density at radius 1 is 1.07 bits per heavy atom. The van der Waals surface area contributed by atoms with Crippen LogP contribution in [0.5, 0.6) is 0 Å². The average Bonchev–Trinajstić information content (AvgIpc) is 2.19. The number of nitrogens with two attached hydrogens (primary N) is 1. The van der Waals surface area contributed by atoms with Crippen molar-refractivity contribution in [3.05, 3.63) is 46.4 Å². The average molecular weight is 273 g/mol. The quantitative estimate of drug-likeness (QED) is 0.845. The van der Waals surface area contributed by atoms with Gasteiger partial charge in [-0.25, -0.2) is 0 Å². The van der Waals surface area contributed by atoms with E-state index < -0.39 is 0 Å². The van der Waals surface area contributed by atoms with Crippen LogP contribution in [0, 0.1) is 0 Å². The van der Waals surface area contributed by atoms with E-state index in [1.54, 1.807) is 0 Å². The molecule has 0 fully saturated rings. The van der Waals surface area contributed by atoms with Gasteiger partial charge in [0.15, 0.2) is 0 Å². The molecule has 0 saturated carbocycles. The third-order valence-corrected chi connectivity index (χ3v) is 3.10. The fourth-order valence-corrected chi connectivity index (χ4v) is 2.09.